The SMILES string of the molecule is CC(C)NC(=O)c1ccc(NC(=O)CNc2cccc(OCCCc3ccccc3)c2)cc1. The number of anilines is 2. The lowest BCUT2D eigenvalue weighted by Gasteiger charge is -2.11. The first-order valence-corrected chi connectivity index (χ1v) is 11.2. The number of hydrogen-bond acceptors (Lipinski definition) is 4. The summed E-state index contributed by atoms with van der Waals surface area (Å²) < 4.78 is 5.85. The predicted octanol–water partition coefficient (Wildman–Crippen LogP) is 4.89. The van der Waals surface area contributed by atoms with Gasteiger partial charge in [0.05, 0.1) is 13.2 Å². The van der Waals surface area contributed by atoms with Gasteiger partial charge in [0.25, 0.3) is 5.91 Å². The van der Waals surface area contributed by atoms with Crippen molar-refractivity contribution < 1.29 is 14.3 Å². The third-order valence-corrected chi connectivity index (χ3v) is 4.86. The number of amides is 2. The predicted molar refractivity (Wildman–Crippen MR) is 133 cm³/mol. The first-order chi connectivity index (χ1) is 16.0. The molecule has 0 aliphatic carbocycles. The molecule has 0 saturated heterocycles. The van der Waals surface area contributed by atoms with Crippen molar-refractivity contribution >= 4 is 23.2 Å². The molecule has 6 heteroatoms. The fraction of sp³-hybridized carbons (Fsp3) is 0.259. The second-order valence-corrected chi connectivity index (χ2v) is 8.07. The zero-order valence-electron chi connectivity index (χ0n) is 19.1. The molecule has 0 fully saturated rings. The standard InChI is InChI=1S/C27H31N3O3/c1-20(2)29-27(32)22-13-15-23(16-14-22)30-26(31)19-28-24-11-6-12-25(18-24)33-17-7-10-21-8-4-3-5-9-21/h3-6,8-9,11-16,18,20,28H,7,10,17,19H2,1-2H3,(H,29,32)(H,30,31). The van der Waals surface area contributed by atoms with Crippen LogP contribution in [-0.2, 0) is 11.2 Å². The number of carbonyl (C=O) groups excluding carboxylic acids is 2. The summed E-state index contributed by atoms with van der Waals surface area (Å²) in [5.41, 5.74) is 3.31. The Hall–Kier alpha value is -3.80. The van der Waals surface area contributed by atoms with Gasteiger partial charge in [0.2, 0.25) is 5.91 Å². The van der Waals surface area contributed by atoms with Crippen LogP contribution in [0.15, 0.2) is 78.9 Å². The van der Waals surface area contributed by atoms with Gasteiger partial charge in [0, 0.05) is 29.0 Å². The van der Waals surface area contributed by atoms with E-state index in [1.54, 1.807) is 24.3 Å². The normalized spacial score (nSPS) is 10.5. The summed E-state index contributed by atoms with van der Waals surface area (Å²) in [5.74, 6) is 0.457. The molecule has 0 unspecified atom stereocenters. The Kier molecular flexibility index (Phi) is 8.88. The monoisotopic (exact) mass is 445 g/mol. The average molecular weight is 446 g/mol. The molecule has 6 nitrogen and oxygen atoms in total. The molecule has 0 heterocycles. The molecular weight excluding hydrogens is 414 g/mol. The molecular formula is C27H31N3O3. The van der Waals surface area contributed by atoms with Crippen LogP contribution < -0.4 is 20.7 Å². The molecule has 0 spiro atoms. The van der Waals surface area contributed by atoms with E-state index < -0.39 is 0 Å². The Morgan fingerprint density at radius 1 is 0.879 bits per heavy atom. The summed E-state index contributed by atoms with van der Waals surface area (Å²) >= 11 is 0. The number of rotatable bonds is 11. The number of benzene rings is 3. The van der Waals surface area contributed by atoms with Crippen molar-refractivity contribution in [3.05, 3.63) is 90.0 Å². The molecule has 3 N–H and O–H groups in total. The topological polar surface area (TPSA) is 79.5 Å². The minimum absolute atomic E-state index is 0.0705. The highest BCUT2D eigenvalue weighted by atomic mass is 16.5. The van der Waals surface area contributed by atoms with Crippen LogP contribution in [0.4, 0.5) is 11.4 Å². The quantitative estimate of drug-likeness (QED) is 0.367. The molecule has 0 bridgehead atoms. The Morgan fingerprint density at radius 3 is 2.36 bits per heavy atom. The van der Waals surface area contributed by atoms with Gasteiger partial charge >= 0.3 is 0 Å². The van der Waals surface area contributed by atoms with E-state index in [1.165, 1.54) is 5.56 Å². The number of carbonyl (C=O) groups is 2. The molecule has 2 amide bonds. The van der Waals surface area contributed by atoms with Gasteiger partial charge in [-0.2, -0.15) is 0 Å². The molecule has 3 aromatic carbocycles. The van der Waals surface area contributed by atoms with Gasteiger partial charge in [-0.05, 0) is 68.7 Å². The van der Waals surface area contributed by atoms with Gasteiger partial charge in [-0.1, -0.05) is 36.4 Å². The van der Waals surface area contributed by atoms with E-state index in [1.807, 2.05) is 56.3 Å². The van der Waals surface area contributed by atoms with Crippen molar-refractivity contribution in [2.24, 2.45) is 0 Å². The largest absolute Gasteiger partial charge is 0.494 e. The molecule has 0 aliphatic heterocycles. The van der Waals surface area contributed by atoms with Crippen molar-refractivity contribution in [2.45, 2.75) is 32.7 Å². The smallest absolute Gasteiger partial charge is 0.251 e. The fourth-order valence-electron chi connectivity index (χ4n) is 3.24. The Bertz CT molecular complexity index is 1030. The first-order valence-electron chi connectivity index (χ1n) is 11.2. The van der Waals surface area contributed by atoms with Crippen LogP contribution in [0.3, 0.4) is 0 Å². The highest BCUT2D eigenvalue weighted by Gasteiger charge is 2.08. The lowest BCUT2D eigenvalue weighted by atomic mass is 10.1. The Labute approximate surface area is 195 Å². The van der Waals surface area contributed by atoms with Crippen LogP contribution in [-0.4, -0.2) is 31.0 Å². The van der Waals surface area contributed by atoms with Gasteiger partial charge < -0.3 is 20.7 Å². The van der Waals surface area contributed by atoms with Crippen LogP contribution in [0.1, 0.15) is 36.2 Å². The third kappa shape index (κ3) is 8.33. The maximum Gasteiger partial charge on any atom is 0.251 e. The van der Waals surface area contributed by atoms with Crippen molar-refractivity contribution in [1.29, 1.82) is 0 Å². The lowest BCUT2D eigenvalue weighted by molar-refractivity contribution is -0.114. The van der Waals surface area contributed by atoms with E-state index in [0.717, 1.165) is 24.3 Å². The second-order valence-electron chi connectivity index (χ2n) is 8.07. The number of aryl methyl sites for hydroxylation is 1. The molecule has 3 aromatic rings. The van der Waals surface area contributed by atoms with E-state index in [9.17, 15) is 9.59 Å². The number of nitrogens with one attached hydrogen (secondary N) is 3. The molecule has 0 aromatic heterocycles. The minimum Gasteiger partial charge on any atom is -0.494 e. The van der Waals surface area contributed by atoms with Crippen LogP contribution in [0.2, 0.25) is 0 Å². The van der Waals surface area contributed by atoms with Gasteiger partial charge in [-0.25, -0.2) is 0 Å². The van der Waals surface area contributed by atoms with Crippen molar-refractivity contribution in [2.75, 3.05) is 23.8 Å². The number of ether oxygens (including phenoxy) is 1. The van der Waals surface area contributed by atoms with Gasteiger partial charge in [0.1, 0.15) is 5.75 Å². The Balaban J connectivity index is 1.41. The molecule has 0 saturated carbocycles. The summed E-state index contributed by atoms with van der Waals surface area (Å²) in [6.07, 6.45) is 1.91. The molecule has 0 atom stereocenters. The second kappa shape index (κ2) is 12.3. The van der Waals surface area contributed by atoms with Crippen LogP contribution in [0.25, 0.3) is 0 Å². The van der Waals surface area contributed by atoms with Gasteiger partial charge in [0.15, 0.2) is 0 Å². The van der Waals surface area contributed by atoms with Crippen molar-refractivity contribution in [1.82, 2.24) is 5.32 Å². The number of hydrogen-bond donors (Lipinski definition) is 3. The van der Waals surface area contributed by atoms with Crippen LogP contribution >= 0.6 is 0 Å². The van der Waals surface area contributed by atoms with E-state index in [-0.39, 0.29) is 24.4 Å². The van der Waals surface area contributed by atoms with E-state index >= 15 is 0 Å². The van der Waals surface area contributed by atoms with Gasteiger partial charge in [-0.15, -0.1) is 0 Å². The summed E-state index contributed by atoms with van der Waals surface area (Å²) in [6, 6.07) is 24.8. The van der Waals surface area contributed by atoms with Crippen LogP contribution in [0, 0.1) is 0 Å². The summed E-state index contributed by atoms with van der Waals surface area (Å²) in [7, 11) is 0. The molecule has 3 rings (SSSR count). The highest BCUT2D eigenvalue weighted by Crippen LogP contribution is 2.18. The maximum atomic E-state index is 12.3. The van der Waals surface area contributed by atoms with Crippen molar-refractivity contribution in [3.8, 4) is 5.75 Å². The zero-order chi connectivity index (χ0) is 23.5. The average Bonchev–Trinajstić information content (AvgIpc) is 2.81. The summed E-state index contributed by atoms with van der Waals surface area (Å²) in [6.45, 7) is 4.57. The lowest BCUT2D eigenvalue weighted by Crippen LogP contribution is -2.30. The summed E-state index contributed by atoms with van der Waals surface area (Å²) in [5, 5.41) is 8.78. The molecule has 172 valence electrons. The van der Waals surface area contributed by atoms with Gasteiger partial charge in [-0.3, -0.25) is 9.59 Å². The molecule has 33 heavy (non-hydrogen) atoms. The maximum absolute atomic E-state index is 12.3. The Morgan fingerprint density at radius 2 is 1.64 bits per heavy atom. The first kappa shape index (κ1) is 23.9. The van der Waals surface area contributed by atoms with E-state index in [2.05, 4.69) is 28.1 Å². The highest BCUT2D eigenvalue weighted by molar-refractivity contribution is 5.96. The minimum atomic E-state index is -0.177. The zero-order valence-corrected chi connectivity index (χ0v) is 19.1. The molecule has 0 aliphatic rings. The van der Waals surface area contributed by atoms with Crippen molar-refractivity contribution in [3.63, 3.8) is 0 Å². The fourth-order valence-corrected chi connectivity index (χ4v) is 3.24. The van der Waals surface area contributed by atoms with Crippen LogP contribution in [0.5, 0.6) is 5.75 Å². The molecule has 0 radical (unpaired) electrons. The van der Waals surface area contributed by atoms with E-state index in [0.29, 0.717) is 17.9 Å². The third-order valence-electron chi connectivity index (χ3n) is 4.86. The summed E-state index contributed by atoms with van der Waals surface area (Å²) in [4.78, 5) is 24.3. The van der Waals surface area contributed by atoms with E-state index in [4.69, 9.17) is 4.74 Å².